The van der Waals surface area contributed by atoms with Crippen LogP contribution in [0, 0.1) is 17.8 Å². The van der Waals surface area contributed by atoms with Gasteiger partial charge in [0.05, 0.1) is 34.3 Å². The highest BCUT2D eigenvalue weighted by atomic mass is 79.9. The highest BCUT2D eigenvalue weighted by Crippen LogP contribution is 2.61. The first-order valence-corrected chi connectivity index (χ1v) is 18.3. The molecule has 3 aromatic rings. The second kappa shape index (κ2) is 9.59. The van der Waals surface area contributed by atoms with Crippen LogP contribution in [0.4, 0.5) is 11.4 Å². The van der Waals surface area contributed by atoms with Gasteiger partial charge in [0.2, 0.25) is 8.32 Å². The number of aryl methyl sites for hydroxylation is 1. The second-order valence-electron chi connectivity index (χ2n) is 13.8. The van der Waals surface area contributed by atoms with Gasteiger partial charge in [0, 0.05) is 22.6 Å². The van der Waals surface area contributed by atoms with Crippen LogP contribution in [0.1, 0.15) is 64.5 Å². The lowest BCUT2D eigenvalue weighted by Crippen LogP contribution is -2.43. The largest absolute Gasteiger partial charge is 0.543 e. The van der Waals surface area contributed by atoms with E-state index < -0.39 is 13.9 Å². The number of aliphatic hydroxyl groups is 1. The number of anilines is 1. The fraction of sp³-hybridized carbons (Fsp3) is 0.548. The van der Waals surface area contributed by atoms with Crippen LogP contribution in [0.25, 0.3) is 5.52 Å². The number of aromatic nitrogens is 2. The third-order valence-corrected chi connectivity index (χ3v) is 14.9. The van der Waals surface area contributed by atoms with Crippen molar-refractivity contribution in [2.45, 2.75) is 89.6 Å². The Hall–Kier alpha value is -2.36. The summed E-state index contributed by atoms with van der Waals surface area (Å²) < 4.78 is 9.39. The fourth-order valence-electron chi connectivity index (χ4n) is 7.19. The number of rotatable bonds is 7. The van der Waals surface area contributed by atoms with Gasteiger partial charge in [-0.25, -0.2) is 9.51 Å². The van der Waals surface area contributed by atoms with Crippen LogP contribution in [-0.4, -0.2) is 40.5 Å². The van der Waals surface area contributed by atoms with Gasteiger partial charge in [0.25, 0.3) is 0 Å². The van der Waals surface area contributed by atoms with E-state index in [4.69, 9.17) is 15.2 Å². The molecule has 0 saturated heterocycles. The molecule has 7 rings (SSSR count). The molecule has 214 valence electrons. The maximum Gasteiger partial charge on any atom is 0.250 e. The SMILES string of the molecule is CCc1cc(O[Si](C)(C)C(C)(C)C)ccc1N=C(N)c1cnn2cc(Br)cc2c1NC1C2CC3CC1C(O)(C3)C2. The molecule has 4 aliphatic carbocycles. The summed E-state index contributed by atoms with van der Waals surface area (Å²) in [7, 11) is -1.95. The van der Waals surface area contributed by atoms with Crippen molar-refractivity contribution in [2.75, 3.05) is 5.32 Å². The van der Waals surface area contributed by atoms with Crippen molar-refractivity contribution in [3.8, 4) is 5.75 Å². The van der Waals surface area contributed by atoms with Crippen molar-refractivity contribution in [3.05, 3.63) is 52.3 Å². The summed E-state index contributed by atoms with van der Waals surface area (Å²) in [5, 5.41) is 20.0. The number of nitrogens with zero attached hydrogens (tertiary/aromatic N) is 3. The molecule has 40 heavy (non-hydrogen) atoms. The molecule has 0 radical (unpaired) electrons. The van der Waals surface area contributed by atoms with Crippen LogP contribution >= 0.6 is 15.9 Å². The van der Waals surface area contributed by atoms with Crippen LogP contribution in [0.3, 0.4) is 0 Å². The molecule has 2 aromatic heterocycles. The van der Waals surface area contributed by atoms with Gasteiger partial charge in [-0.3, -0.25) is 0 Å². The van der Waals surface area contributed by atoms with E-state index in [1.165, 1.54) is 6.42 Å². The van der Waals surface area contributed by atoms with E-state index in [1.807, 2.05) is 22.8 Å². The molecule has 0 aliphatic heterocycles. The Morgan fingerprint density at radius 3 is 2.75 bits per heavy atom. The van der Waals surface area contributed by atoms with E-state index in [-0.39, 0.29) is 17.0 Å². The van der Waals surface area contributed by atoms with Gasteiger partial charge < -0.3 is 20.6 Å². The highest BCUT2D eigenvalue weighted by molar-refractivity contribution is 9.10. The maximum atomic E-state index is 11.3. The van der Waals surface area contributed by atoms with E-state index in [1.54, 1.807) is 6.20 Å². The summed E-state index contributed by atoms with van der Waals surface area (Å²) in [5.41, 5.74) is 10.9. The lowest BCUT2D eigenvalue weighted by Gasteiger charge is -2.36. The Bertz CT molecular complexity index is 1490. The molecule has 0 spiro atoms. The molecule has 5 unspecified atom stereocenters. The average molecular weight is 625 g/mol. The monoisotopic (exact) mass is 623 g/mol. The number of aliphatic imine (C=N–C) groups is 1. The minimum atomic E-state index is -1.95. The van der Waals surface area contributed by atoms with Crippen molar-refractivity contribution in [2.24, 2.45) is 28.5 Å². The van der Waals surface area contributed by atoms with E-state index in [0.29, 0.717) is 17.7 Å². The van der Waals surface area contributed by atoms with Crippen LogP contribution in [0.5, 0.6) is 5.75 Å². The molecule has 2 heterocycles. The number of halogens is 1. The number of fused-ring (bicyclic) bond motifs is 1. The van der Waals surface area contributed by atoms with Gasteiger partial charge in [-0.05, 0) is 108 Å². The molecule has 4 aliphatic rings. The zero-order valence-electron chi connectivity index (χ0n) is 24.5. The van der Waals surface area contributed by atoms with E-state index in [0.717, 1.165) is 63.9 Å². The van der Waals surface area contributed by atoms with Crippen molar-refractivity contribution in [1.82, 2.24) is 9.61 Å². The Kier molecular flexibility index (Phi) is 6.67. The summed E-state index contributed by atoms with van der Waals surface area (Å²) in [5.74, 6) is 2.73. The number of benzene rings is 1. The minimum Gasteiger partial charge on any atom is -0.543 e. The topological polar surface area (TPSA) is 97.2 Å². The first-order chi connectivity index (χ1) is 18.8. The molecule has 4 bridgehead atoms. The summed E-state index contributed by atoms with van der Waals surface area (Å²) in [4.78, 5) is 4.94. The predicted octanol–water partition coefficient (Wildman–Crippen LogP) is 7.04. The quantitative estimate of drug-likeness (QED) is 0.149. The highest BCUT2D eigenvalue weighted by Gasteiger charge is 2.62. The normalized spacial score (nSPS) is 28.1. The van der Waals surface area contributed by atoms with Gasteiger partial charge in [-0.2, -0.15) is 5.10 Å². The molecule has 7 nitrogen and oxygen atoms in total. The zero-order valence-corrected chi connectivity index (χ0v) is 27.0. The Balaban J connectivity index is 1.35. The van der Waals surface area contributed by atoms with Gasteiger partial charge in [0.1, 0.15) is 11.6 Å². The summed E-state index contributed by atoms with van der Waals surface area (Å²) in [6.45, 7) is 13.4. The minimum absolute atomic E-state index is 0.122. The Labute approximate surface area is 246 Å². The number of nitrogens with two attached hydrogens (primary N) is 1. The number of hydrogen-bond acceptors (Lipinski definition) is 5. The first kappa shape index (κ1) is 27.8. The summed E-state index contributed by atoms with van der Waals surface area (Å²) >= 11 is 3.62. The van der Waals surface area contributed by atoms with Crippen molar-refractivity contribution in [3.63, 3.8) is 0 Å². The van der Waals surface area contributed by atoms with Gasteiger partial charge in [-0.1, -0.05) is 27.7 Å². The third-order valence-electron chi connectivity index (χ3n) is 10.2. The zero-order chi connectivity index (χ0) is 28.6. The molecule has 4 saturated carbocycles. The second-order valence-corrected chi connectivity index (χ2v) is 19.5. The van der Waals surface area contributed by atoms with Crippen LogP contribution in [0.15, 0.2) is 46.1 Å². The van der Waals surface area contributed by atoms with E-state index in [9.17, 15) is 5.11 Å². The number of hydrogen-bond donors (Lipinski definition) is 3. The van der Waals surface area contributed by atoms with E-state index >= 15 is 0 Å². The third kappa shape index (κ3) is 4.67. The lowest BCUT2D eigenvalue weighted by atomic mass is 9.79. The molecular formula is C31H42BrN5O2Si. The summed E-state index contributed by atoms with van der Waals surface area (Å²) in [6, 6.07) is 8.43. The molecule has 5 atom stereocenters. The van der Waals surface area contributed by atoms with Crippen molar-refractivity contribution >= 4 is 47.0 Å². The molecule has 4 N–H and O–H groups in total. The van der Waals surface area contributed by atoms with Gasteiger partial charge in [0.15, 0.2) is 0 Å². The smallest absolute Gasteiger partial charge is 0.250 e. The Morgan fingerprint density at radius 2 is 2.05 bits per heavy atom. The van der Waals surface area contributed by atoms with Crippen LogP contribution in [0.2, 0.25) is 18.1 Å². The molecule has 9 heteroatoms. The molecular weight excluding hydrogens is 582 g/mol. The standard InChI is InChI=1S/C31H42BrN5O2Si/c1-7-19-12-22(39-40(5,6)30(2,3)4)8-9-25(19)35-29(33)23-16-34-37-17-21(32)13-26(37)28(23)36-27-20-10-18-11-24(27)31(38,14-18)15-20/h8-9,12-13,16-18,20,24,27,36,38H,7,10-11,14-15H2,1-6H3,(H2,33,35). The number of nitrogens with one attached hydrogen (secondary N) is 1. The van der Waals surface area contributed by atoms with Gasteiger partial charge in [-0.15, -0.1) is 0 Å². The fourth-order valence-corrected chi connectivity index (χ4v) is 8.62. The van der Waals surface area contributed by atoms with Crippen molar-refractivity contribution in [1.29, 1.82) is 0 Å². The lowest BCUT2D eigenvalue weighted by molar-refractivity contribution is 0.00989. The van der Waals surface area contributed by atoms with Crippen LogP contribution < -0.4 is 15.5 Å². The molecule has 1 aromatic carbocycles. The van der Waals surface area contributed by atoms with Crippen LogP contribution in [-0.2, 0) is 6.42 Å². The maximum absolute atomic E-state index is 11.3. The van der Waals surface area contributed by atoms with Gasteiger partial charge >= 0.3 is 0 Å². The molecule has 0 amide bonds. The predicted molar refractivity (Wildman–Crippen MR) is 168 cm³/mol. The Morgan fingerprint density at radius 1 is 1.27 bits per heavy atom. The summed E-state index contributed by atoms with van der Waals surface area (Å²) in [6.07, 6.45) is 8.69. The molecule has 4 fully saturated rings. The number of amidine groups is 1. The first-order valence-electron chi connectivity index (χ1n) is 14.6. The average Bonchev–Trinajstić information content (AvgIpc) is 3.42. The van der Waals surface area contributed by atoms with Crippen molar-refractivity contribution < 1.29 is 9.53 Å². The van der Waals surface area contributed by atoms with E-state index in [2.05, 4.69) is 79.3 Å².